The van der Waals surface area contributed by atoms with E-state index in [1.54, 1.807) is 18.9 Å². The fraction of sp³-hybridized carbons (Fsp3) is 0.304. The molecule has 3 aromatic rings. The highest BCUT2D eigenvalue weighted by Gasteiger charge is 2.32. The number of halogens is 1. The van der Waals surface area contributed by atoms with Crippen molar-refractivity contribution in [2.45, 2.75) is 18.2 Å². The van der Waals surface area contributed by atoms with Crippen molar-refractivity contribution in [1.29, 1.82) is 0 Å². The number of benzene rings is 2. The number of hydrogen-bond acceptors (Lipinski definition) is 6. The van der Waals surface area contributed by atoms with Crippen LogP contribution in [0.2, 0.25) is 5.02 Å². The molecule has 2 aliphatic rings. The molecule has 1 fully saturated rings. The van der Waals surface area contributed by atoms with E-state index in [2.05, 4.69) is 40.6 Å². The molecule has 0 N–H and O–H groups in total. The Bertz CT molecular complexity index is 1110. The zero-order valence-corrected chi connectivity index (χ0v) is 18.4. The molecule has 0 atom stereocenters. The third-order valence-corrected chi connectivity index (χ3v) is 7.00. The molecule has 0 bridgehead atoms. The lowest BCUT2D eigenvalue weighted by atomic mass is 10.0. The van der Waals surface area contributed by atoms with Crippen molar-refractivity contribution in [3.8, 4) is 6.01 Å². The van der Waals surface area contributed by atoms with Gasteiger partial charge in [-0.05, 0) is 29.3 Å². The molecule has 30 heavy (non-hydrogen) atoms. The van der Waals surface area contributed by atoms with E-state index < -0.39 is 0 Å². The maximum atomic E-state index is 6.57. The number of ether oxygens (including phenoxy) is 1. The van der Waals surface area contributed by atoms with Crippen LogP contribution in [0.3, 0.4) is 0 Å². The first kappa shape index (κ1) is 19.5. The van der Waals surface area contributed by atoms with E-state index >= 15 is 0 Å². The molecule has 3 heterocycles. The van der Waals surface area contributed by atoms with E-state index in [0.29, 0.717) is 17.8 Å². The number of rotatable bonds is 5. The Morgan fingerprint density at radius 2 is 1.97 bits per heavy atom. The van der Waals surface area contributed by atoms with E-state index in [0.717, 1.165) is 59.0 Å². The highest BCUT2D eigenvalue weighted by atomic mass is 35.5. The van der Waals surface area contributed by atoms with Crippen LogP contribution >= 0.6 is 23.4 Å². The van der Waals surface area contributed by atoms with Gasteiger partial charge < -0.3 is 14.5 Å². The van der Waals surface area contributed by atoms with E-state index in [4.69, 9.17) is 26.3 Å². The monoisotopic (exact) mass is 438 g/mol. The summed E-state index contributed by atoms with van der Waals surface area (Å²) in [5, 5.41) is 5.53. The maximum Gasteiger partial charge on any atom is 0.318 e. The molecule has 0 amide bonds. The average Bonchev–Trinajstić information content (AvgIpc) is 2.74. The summed E-state index contributed by atoms with van der Waals surface area (Å²) in [6.45, 7) is 7.40. The van der Waals surface area contributed by atoms with Gasteiger partial charge in [0.25, 0.3) is 0 Å². The summed E-state index contributed by atoms with van der Waals surface area (Å²) >= 11 is 8.36. The largest absolute Gasteiger partial charge is 0.467 e. The quantitative estimate of drug-likeness (QED) is 0.563. The predicted octanol–water partition coefficient (Wildman–Crippen LogP) is 4.92. The molecule has 0 aliphatic carbocycles. The number of thioether (sulfide) groups is 1. The molecule has 1 saturated heterocycles. The Labute approximate surface area is 185 Å². The van der Waals surface area contributed by atoms with E-state index in [1.165, 1.54) is 5.56 Å². The van der Waals surface area contributed by atoms with E-state index in [9.17, 15) is 0 Å². The van der Waals surface area contributed by atoms with Crippen LogP contribution in [0.15, 0.2) is 48.4 Å². The molecule has 2 aromatic carbocycles. The highest BCUT2D eigenvalue weighted by molar-refractivity contribution is 8.02. The Morgan fingerprint density at radius 1 is 1.17 bits per heavy atom. The third kappa shape index (κ3) is 3.38. The summed E-state index contributed by atoms with van der Waals surface area (Å²) in [5.41, 5.74) is 3.42. The van der Waals surface area contributed by atoms with Crippen LogP contribution in [0, 0.1) is 0 Å². The first-order chi connectivity index (χ1) is 14.7. The van der Waals surface area contributed by atoms with E-state index in [-0.39, 0.29) is 0 Å². The van der Waals surface area contributed by atoms with Crippen LogP contribution in [0.4, 0.5) is 11.5 Å². The van der Waals surface area contributed by atoms with Gasteiger partial charge in [0.2, 0.25) is 0 Å². The topological polar surface area (TPSA) is 41.5 Å². The van der Waals surface area contributed by atoms with Gasteiger partial charge in [-0.1, -0.05) is 42.4 Å². The van der Waals surface area contributed by atoms with Crippen molar-refractivity contribution < 1.29 is 4.74 Å². The number of nitrogens with zero attached hydrogens (tertiary/aromatic N) is 4. The summed E-state index contributed by atoms with van der Waals surface area (Å²) < 4.78 is 5.43. The molecule has 0 unspecified atom stereocenters. The lowest BCUT2D eigenvalue weighted by Gasteiger charge is -2.41. The standard InChI is InChI=1S/C23H23ClN4OS/c1-3-30-16-12-28(13-16)22-17-10-11-27(14-19(17)25-23(26-22)29-2)20-9-5-7-15-6-4-8-18(24)21(15)20/h3-9,16H,1,10-14H2,2H3. The van der Waals surface area contributed by atoms with Gasteiger partial charge in [-0.25, -0.2) is 0 Å². The van der Waals surface area contributed by atoms with Crippen molar-refractivity contribution in [1.82, 2.24) is 9.97 Å². The maximum absolute atomic E-state index is 6.57. The smallest absolute Gasteiger partial charge is 0.318 e. The fourth-order valence-corrected chi connectivity index (χ4v) is 5.40. The third-order valence-electron chi connectivity index (χ3n) is 5.81. The summed E-state index contributed by atoms with van der Waals surface area (Å²) in [6, 6.07) is 12.8. The molecule has 0 radical (unpaired) electrons. The second-order valence-corrected chi connectivity index (χ2v) is 9.25. The fourth-order valence-electron chi connectivity index (χ4n) is 4.32. The Hall–Kier alpha value is -2.44. The van der Waals surface area contributed by atoms with Crippen LogP contribution in [-0.2, 0) is 13.0 Å². The molecule has 1 aromatic heterocycles. The van der Waals surface area contributed by atoms with Crippen molar-refractivity contribution >= 4 is 45.6 Å². The Morgan fingerprint density at radius 3 is 2.73 bits per heavy atom. The number of anilines is 2. The molecule has 2 aliphatic heterocycles. The summed E-state index contributed by atoms with van der Waals surface area (Å²) in [4.78, 5) is 14.1. The van der Waals surface area contributed by atoms with E-state index in [1.807, 2.05) is 17.5 Å². The number of hydrogen-bond donors (Lipinski definition) is 0. The Kier molecular flexibility index (Phi) is 5.21. The summed E-state index contributed by atoms with van der Waals surface area (Å²) in [6.07, 6.45) is 0.894. The SMILES string of the molecule is C=CSC1CN(c2nc(OC)nc3c2CCN(c2cccc4cccc(Cl)c24)C3)C1. The zero-order valence-electron chi connectivity index (χ0n) is 16.8. The molecular formula is C23H23ClN4OS. The van der Waals surface area contributed by atoms with Crippen LogP contribution in [0.5, 0.6) is 6.01 Å². The van der Waals surface area contributed by atoms with Crippen molar-refractivity contribution in [2.24, 2.45) is 0 Å². The van der Waals surface area contributed by atoms with Gasteiger partial charge >= 0.3 is 6.01 Å². The Balaban J connectivity index is 1.49. The molecular weight excluding hydrogens is 416 g/mol. The number of aromatic nitrogens is 2. The molecule has 154 valence electrons. The minimum atomic E-state index is 0.432. The molecule has 5 rings (SSSR count). The van der Waals surface area contributed by atoms with Gasteiger partial charge in [0.15, 0.2) is 0 Å². The van der Waals surface area contributed by atoms with Gasteiger partial charge in [-0.3, -0.25) is 0 Å². The van der Waals surface area contributed by atoms with Crippen LogP contribution < -0.4 is 14.5 Å². The second kappa shape index (κ2) is 8.00. The average molecular weight is 439 g/mol. The molecule has 5 nitrogen and oxygen atoms in total. The number of fused-ring (bicyclic) bond motifs is 2. The van der Waals surface area contributed by atoms with Crippen molar-refractivity contribution in [2.75, 3.05) is 36.5 Å². The minimum absolute atomic E-state index is 0.432. The first-order valence-electron chi connectivity index (χ1n) is 10.0. The second-order valence-electron chi connectivity index (χ2n) is 7.58. The molecule has 0 spiro atoms. The van der Waals surface area contributed by atoms with Crippen LogP contribution in [-0.4, -0.2) is 42.0 Å². The van der Waals surface area contributed by atoms with Gasteiger partial charge in [0.1, 0.15) is 5.82 Å². The van der Waals surface area contributed by atoms with Gasteiger partial charge in [0.05, 0.1) is 24.4 Å². The summed E-state index contributed by atoms with van der Waals surface area (Å²) in [7, 11) is 1.63. The first-order valence-corrected chi connectivity index (χ1v) is 11.4. The zero-order chi connectivity index (χ0) is 20.7. The minimum Gasteiger partial charge on any atom is -0.467 e. The van der Waals surface area contributed by atoms with Gasteiger partial charge in [0, 0.05) is 41.5 Å². The van der Waals surface area contributed by atoms with Gasteiger partial charge in [-0.15, -0.1) is 11.8 Å². The molecule has 7 heteroatoms. The van der Waals surface area contributed by atoms with Crippen molar-refractivity contribution in [3.05, 3.63) is 64.7 Å². The highest BCUT2D eigenvalue weighted by Crippen LogP contribution is 2.38. The van der Waals surface area contributed by atoms with Gasteiger partial charge in [-0.2, -0.15) is 9.97 Å². The van der Waals surface area contributed by atoms with Crippen LogP contribution in [0.25, 0.3) is 10.8 Å². The molecule has 0 saturated carbocycles. The van der Waals surface area contributed by atoms with Crippen LogP contribution in [0.1, 0.15) is 11.3 Å². The lowest BCUT2D eigenvalue weighted by molar-refractivity contribution is 0.375. The number of methoxy groups -OCH3 is 1. The van der Waals surface area contributed by atoms with Crippen molar-refractivity contribution in [3.63, 3.8) is 0 Å². The predicted molar refractivity (Wildman–Crippen MR) is 126 cm³/mol. The summed E-state index contributed by atoms with van der Waals surface area (Å²) in [5.74, 6) is 1.02. The normalized spacial score (nSPS) is 16.3. The lowest BCUT2D eigenvalue weighted by Crippen LogP contribution is -2.50.